The molecule has 0 heterocycles. The van der Waals surface area contributed by atoms with Crippen LogP contribution in [0.2, 0.25) is 0 Å². The Kier molecular flexibility index (Phi) is 5.56. The van der Waals surface area contributed by atoms with Gasteiger partial charge in [0.15, 0.2) is 0 Å². The van der Waals surface area contributed by atoms with Gasteiger partial charge in [-0.3, -0.25) is 0 Å². The summed E-state index contributed by atoms with van der Waals surface area (Å²) in [6.07, 6.45) is -4.19. The lowest BCUT2D eigenvalue weighted by Gasteiger charge is -2.09. The molecule has 0 aromatic heterocycles. The number of unbranched alkanes of at least 4 members (excludes halogenated alkanes) is 1. The van der Waals surface area contributed by atoms with Gasteiger partial charge in [0.25, 0.3) is 10.2 Å². The average molecular weight is 245 g/mol. The van der Waals surface area contributed by atoms with Crippen molar-refractivity contribution < 1.29 is 21.6 Å². The van der Waals surface area contributed by atoms with E-state index in [9.17, 15) is 21.6 Å². The van der Waals surface area contributed by atoms with Gasteiger partial charge in [0, 0.05) is 13.0 Å². The summed E-state index contributed by atoms with van der Waals surface area (Å²) in [4.78, 5) is 0. The van der Waals surface area contributed by atoms with Gasteiger partial charge < -0.3 is 0 Å². The quantitative estimate of drug-likeness (QED) is 0.659. The van der Waals surface area contributed by atoms with Gasteiger partial charge in [-0.15, -0.1) is 0 Å². The van der Waals surface area contributed by atoms with Crippen LogP contribution in [0.1, 0.15) is 12.8 Å². The summed E-state index contributed by atoms with van der Waals surface area (Å²) in [5, 5.41) is 8.11. The third-order valence-electron chi connectivity index (χ3n) is 1.22. The minimum Gasteiger partial charge on any atom is -0.202 e. The number of rotatable bonds is 6. The lowest BCUT2D eigenvalue weighted by molar-refractivity contribution is -0.121. The van der Waals surface area contributed by atoms with Crippen molar-refractivity contribution in [1.29, 1.82) is 5.26 Å². The highest BCUT2D eigenvalue weighted by Gasteiger charge is 2.29. The van der Waals surface area contributed by atoms with Crippen molar-refractivity contribution in [2.45, 2.75) is 19.0 Å². The van der Waals surface area contributed by atoms with E-state index in [4.69, 9.17) is 5.26 Å². The normalized spacial score (nSPS) is 12.4. The Labute approximate surface area is 85.4 Å². The Hall–Kier alpha value is -0.850. The van der Waals surface area contributed by atoms with Crippen LogP contribution < -0.4 is 9.44 Å². The summed E-state index contributed by atoms with van der Waals surface area (Å²) >= 11 is 0. The first-order chi connectivity index (χ1) is 6.77. The van der Waals surface area contributed by atoms with E-state index >= 15 is 0 Å². The molecule has 88 valence electrons. The molecular weight excluding hydrogens is 235 g/mol. The Morgan fingerprint density at radius 1 is 1.27 bits per heavy atom. The van der Waals surface area contributed by atoms with Crippen molar-refractivity contribution in [1.82, 2.24) is 9.44 Å². The SMILES string of the molecule is N#CCCCNS(=O)(=O)NCC(F)(F)F. The molecule has 0 aromatic carbocycles. The minimum absolute atomic E-state index is 0.0687. The molecule has 0 atom stereocenters. The van der Waals surface area contributed by atoms with Crippen LogP contribution >= 0.6 is 0 Å². The van der Waals surface area contributed by atoms with Gasteiger partial charge in [-0.2, -0.15) is 31.6 Å². The molecule has 9 heteroatoms. The molecule has 0 fully saturated rings. The van der Waals surface area contributed by atoms with Gasteiger partial charge in [-0.1, -0.05) is 0 Å². The molecule has 0 aliphatic heterocycles. The molecule has 5 nitrogen and oxygen atoms in total. The zero-order chi connectivity index (χ0) is 11.9. The molecule has 0 bridgehead atoms. The van der Waals surface area contributed by atoms with Crippen LogP contribution in [-0.4, -0.2) is 27.7 Å². The molecule has 0 amide bonds. The van der Waals surface area contributed by atoms with Crippen LogP contribution in [0.25, 0.3) is 0 Å². The zero-order valence-corrected chi connectivity index (χ0v) is 8.45. The van der Waals surface area contributed by atoms with E-state index in [1.54, 1.807) is 6.07 Å². The van der Waals surface area contributed by atoms with E-state index in [1.165, 1.54) is 4.72 Å². The average Bonchev–Trinajstić information content (AvgIpc) is 2.09. The Balaban J connectivity index is 3.84. The second-order valence-corrected chi connectivity index (χ2v) is 4.18. The highest BCUT2D eigenvalue weighted by Crippen LogP contribution is 2.12. The molecule has 0 spiro atoms. The molecule has 15 heavy (non-hydrogen) atoms. The number of nitrogens with one attached hydrogen (secondary N) is 2. The number of nitrogens with zero attached hydrogens (tertiary/aromatic N) is 1. The molecule has 0 saturated heterocycles. The molecule has 0 aliphatic carbocycles. The summed E-state index contributed by atoms with van der Waals surface area (Å²) < 4.78 is 59.8. The van der Waals surface area contributed by atoms with Crippen LogP contribution in [-0.2, 0) is 10.2 Å². The highest BCUT2D eigenvalue weighted by atomic mass is 32.2. The fourth-order valence-electron chi connectivity index (χ4n) is 0.602. The van der Waals surface area contributed by atoms with Crippen molar-refractivity contribution in [2.75, 3.05) is 13.1 Å². The molecular formula is C6H10F3N3O2S. The molecule has 0 aliphatic rings. The second kappa shape index (κ2) is 5.89. The van der Waals surface area contributed by atoms with E-state index in [0.717, 1.165) is 0 Å². The van der Waals surface area contributed by atoms with Gasteiger partial charge in [-0.25, -0.2) is 4.72 Å². The molecule has 0 unspecified atom stereocenters. The molecule has 0 saturated carbocycles. The first kappa shape index (κ1) is 14.2. The highest BCUT2D eigenvalue weighted by molar-refractivity contribution is 7.87. The van der Waals surface area contributed by atoms with Crippen molar-refractivity contribution in [3.63, 3.8) is 0 Å². The predicted octanol–water partition coefficient (Wildman–Crippen LogP) is 0.276. The third kappa shape index (κ3) is 9.45. The van der Waals surface area contributed by atoms with Crippen LogP contribution in [0.15, 0.2) is 0 Å². The summed E-state index contributed by atoms with van der Waals surface area (Å²) in [6, 6.07) is 1.77. The fraction of sp³-hybridized carbons (Fsp3) is 0.833. The monoisotopic (exact) mass is 245 g/mol. The van der Waals surface area contributed by atoms with Gasteiger partial charge in [0.2, 0.25) is 0 Å². The molecule has 0 rings (SSSR count). The standard InChI is InChI=1S/C6H10F3N3O2S/c7-6(8,9)5-12-15(13,14)11-4-2-1-3-10/h11-12H,1-2,4-5H2. The van der Waals surface area contributed by atoms with Gasteiger partial charge in [-0.05, 0) is 6.42 Å². The zero-order valence-electron chi connectivity index (χ0n) is 7.63. The fourth-order valence-corrected chi connectivity index (χ4v) is 1.47. The summed E-state index contributed by atoms with van der Waals surface area (Å²) in [5.74, 6) is 0. The Bertz CT molecular complexity index is 319. The first-order valence-electron chi connectivity index (χ1n) is 3.95. The van der Waals surface area contributed by atoms with E-state index in [0.29, 0.717) is 0 Å². The summed E-state index contributed by atoms with van der Waals surface area (Å²) in [5.41, 5.74) is 0. The Morgan fingerprint density at radius 3 is 2.33 bits per heavy atom. The topological polar surface area (TPSA) is 82.0 Å². The van der Waals surface area contributed by atoms with E-state index in [-0.39, 0.29) is 19.4 Å². The number of nitriles is 1. The molecule has 0 aromatic rings. The minimum atomic E-state index is -4.58. The number of hydrogen-bond donors (Lipinski definition) is 2. The maximum atomic E-state index is 11.6. The predicted molar refractivity (Wildman–Crippen MR) is 45.8 cm³/mol. The lowest BCUT2D eigenvalue weighted by atomic mass is 10.3. The van der Waals surface area contributed by atoms with Crippen LogP contribution in [0, 0.1) is 11.3 Å². The van der Waals surface area contributed by atoms with E-state index < -0.39 is 22.9 Å². The Morgan fingerprint density at radius 2 is 1.87 bits per heavy atom. The van der Waals surface area contributed by atoms with Crippen LogP contribution in [0.4, 0.5) is 13.2 Å². The first-order valence-corrected chi connectivity index (χ1v) is 5.43. The summed E-state index contributed by atoms with van der Waals surface area (Å²) in [7, 11) is -4.12. The van der Waals surface area contributed by atoms with Crippen molar-refractivity contribution in [2.24, 2.45) is 0 Å². The maximum Gasteiger partial charge on any atom is 0.402 e. The molecule has 2 N–H and O–H groups in total. The number of hydrogen-bond acceptors (Lipinski definition) is 3. The smallest absolute Gasteiger partial charge is 0.202 e. The maximum absolute atomic E-state index is 11.6. The second-order valence-electron chi connectivity index (χ2n) is 2.60. The van der Waals surface area contributed by atoms with Gasteiger partial charge in [0.05, 0.1) is 6.07 Å². The van der Waals surface area contributed by atoms with Crippen molar-refractivity contribution >= 4 is 10.2 Å². The van der Waals surface area contributed by atoms with E-state index in [2.05, 4.69) is 0 Å². The summed E-state index contributed by atoms with van der Waals surface area (Å²) in [6.45, 7) is -1.68. The largest absolute Gasteiger partial charge is 0.402 e. The van der Waals surface area contributed by atoms with Crippen LogP contribution in [0.5, 0.6) is 0 Å². The van der Waals surface area contributed by atoms with Gasteiger partial charge in [0.1, 0.15) is 6.54 Å². The van der Waals surface area contributed by atoms with E-state index in [1.807, 2.05) is 4.72 Å². The van der Waals surface area contributed by atoms with Crippen molar-refractivity contribution in [3.8, 4) is 6.07 Å². The van der Waals surface area contributed by atoms with Gasteiger partial charge >= 0.3 is 6.18 Å². The third-order valence-corrected chi connectivity index (χ3v) is 2.33. The van der Waals surface area contributed by atoms with Crippen molar-refractivity contribution in [3.05, 3.63) is 0 Å². The lowest BCUT2D eigenvalue weighted by Crippen LogP contribution is -2.41. The van der Waals surface area contributed by atoms with Crippen LogP contribution in [0.3, 0.4) is 0 Å². The molecule has 0 radical (unpaired) electrons. The number of alkyl halides is 3. The number of halogens is 3.